The SMILES string of the molecule is C[C@@H]1CN(c2nc(=O)n3c4c(c(-c5ccc(F)cc5)c(C(F)(F)F)cc24)SCC(CN2CC[C@H](F)C2)C3)C[C@H](C)N1C(=O)OC(C)(C)C. The van der Waals surface area contributed by atoms with Gasteiger partial charge < -0.3 is 9.64 Å². The topological polar surface area (TPSA) is 70.9 Å². The highest BCUT2D eigenvalue weighted by molar-refractivity contribution is 7.99. The van der Waals surface area contributed by atoms with Crippen LogP contribution in [0.15, 0.2) is 40.0 Å². The molecule has 260 valence electrons. The molecule has 3 aliphatic rings. The zero-order valence-corrected chi connectivity index (χ0v) is 28.4. The number of likely N-dealkylation sites (tertiary alicyclic amines) is 1. The predicted octanol–water partition coefficient (Wildman–Crippen LogP) is 6.82. The lowest BCUT2D eigenvalue weighted by molar-refractivity contribution is -0.137. The van der Waals surface area contributed by atoms with E-state index in [0.29, 0.717) is 30.8 Å². The van der Waals surface area contributed by atoms with Gasteiger partial charge >= 0.3 is 18.0 Å². The molecule has 0 saturated carbocycles. The summed E-state index contributed by atoms with van der Waals surface area (Å²) in [6.45, 7) is 10.9. The van der Waals surface area contributed by atoms with Crippen molar-refractivity contribution in [2.24, 2.45) is 5.92 Å². The van der Waals surface area contributed by atoms with Gasteiger partial charge in [-0.3, -0.25) is 14.4 Å². The molecule has 1 aromatic heterocycles. The van der Waals surface area contributed by atoms with Gasteiger partial charge in [-0.25, -0.2) is 18.4 Å². The first-order valence-electron chi connectivity index (χ1n) is 16.2. The van der Waals surface area contributed by atoms with Crippen molar-refractivity contribution in [2.45, 2.75) is 82.5 Å². The minimum atomic E-state index is -4.79. The number of hydrogen-bond acceptors (Lipinski definition) is 7. The summed E-state index contributed by atoms with van der Waals surface area (Å²) in [5.41, 5.74) is -1.83. The molecule has 4 heterocycles. The maximum atomic E-state index is 15.0. The minimum absolute atomic E-state index is 0.116. The molecular weight excluding hydrogens is 653 g/mol. The summed E-state index contributed by atoms with van der Waals surface area (Å²) < 4.78 is 80.2. The number of thioether (sulfide) groups is 1. The van der Waals surface area contributed by atoms with Gasteiger partial charge in [0.1, 0.15) is 23.4 Å². The Morgan fingerprint density at radius 3 is 2.29 bits per heavy atom. The van der Waals surface area contributed by atoms with Gasteiger partial charge in [0.2, 0.25) is 0 Å². The molecule has 8 nitrogen and oxygen atoms in total. The number of benzene rings is 2. The van der Waals surface area contributed by atoms with Gasteiger partial charge in [-0.15, -0.1) is 11.8 Å². The summed E-state index contributed by atoms with van der Waals surface area (Å²) in [4.78, 5) is 37.1. The Hall–Kier alpha value is -3.39. The number of hydrogen-bond donors (Lipinski definition) is 0. The van der Waals surface area contributed by atoms with E-state index in [1.807, 2.05) is 18.7 Å². The second kappa shape index (κ2) is 12.8. The smallest absolute Gasteiger partial charge is 0.417 e. The van der Waals surface area contributed by atoms with Crippen molar-refractivity contribution in [3.63, 3.8) is 0 Å². The first-order chi connectivity index (χ1) is 22.5. The third-order valence-corrected chi connectivity index (χ3v) is 10.4. The number of piperazine rings is 1. The van der Waals surface area contributed by atoms with Gasteiger partial charge in [0.25, 0.3) is 0 Å². The minimum Gasteiger partial charge on any atom is -0.444 e. The Morgan fingerprint density at radius 1 is 1.04 bits per heavy atom. The van der Waals surface area contributed by atoms with E-state index >= 15 is 13.2 Å². The van der Waals surface area contributed by atoms with E-state index in [4.69, 9.17) is 4.74 Å². The predicted molar refractivity (Wildman–Crippen MR) is 176 cm³/mol. The molecule has 0 N–H and O–H groups in total. The number of aromatic nitrogens is 2. The van der Waals surface area contributed by atoms with E-state index in [-0.39, 0.29) is 59.3 Å². The monoisotopic (exact) mass is 693 g/mol. The van der Waals surface area contributed by atoms with E-state index in [1.54, 1.807) is 30.6 Å². The Morgan fingerprint density at radius 2 is 1.71 bits per heavy atom. The van der Waals surface area contributed by atoms with E-state index < -0.39 is 53.2 Å². The van der Waals surface area contributed by atoms with Gasteiger partial charge in [-0.1, -0.05) is 12.1 Å². The molecule has 0 spiro atoms. The number of halogens is 5. The fourth-order valence-corrected chi connectivity index (χ4v) is 8.52. The first kappa shape index (κ1) is 34.5. The number of rotatable bonds is 4. The Kier molecular flexibility index (Phi) is 9.20. The lowest BCUT2D eigenvalue weighted by Crippen LogP contribution is -2.59. The number of carbonyl (C=O) groups excluding carboxylic acids is 1. The summed E-state index contributed by atoms with van der Waals surface area (Å²) in [7, 11) is 0. The van der Waals surface area contributed by atoms with E-state index in [2.05, 4.69) is 4.98 Å². The number of anilines is 1. The summed E-state index contributed by atoms with van der Waals surface area (Å²) >= 11 is 1.24. The number of nitrogens with zero attached hydrogens (tertiary/aromatic N) is 5. The molecular formula is C34H40F5N5O3S. The van der Waals surface area contributed by atoms with Crippen molar-refractivity contribution < 1.29 is 31.5 Å². The highest BCUT2D eigenvalue weighted by Gasteiger charge is 2.41. The van der Waals surface area contributed by atoms with Crippen LogP contribution in [0.1, 0.15) is 46.6 Å². The maximum Gasteiger partial charge on any atom is 0.417 e. The van der Waals surface area contributed by atoms with E-state index in [0.717, 1.165) is 18.2 Å². The highest BCUT2D eigenvalue weighted by Crippen LogP contribution is 2.49. The molecule has 6 rings (SSSR count). The highest BCUT2D eigenvalue weighted by atomic mass is 32.2. The number of alkyl halides is 4. The molecule has 0 bridgehead atoms. The number of carbonyl (C=O) groups is 1. The molecule has 3 aromatic rings. The lowest BCUT2D eigenvalue weighted by Gasteiger charge is -2.45. The van der Waals surface area contributed by atoms with Crippen molar-refractivity contribution in [2.75, 3.05) is 43.4 Å². The maximum absolute atomic E-state index is 15.0. The first-order valence-corrected chi connectivity index (χ1v) is 17.2. The normalized spacial score (nSPS) is 23.9. The molecule has 0 aliphatic carbocycles. The third-order valence-electron chi connectivity index (χ3n) is 9.10. The van der Waals surface area contributed by atoms with Crippen LogP contribution < -0.4 is 10.6 Å². The number of amides is 1. The standard InChI is InChI=1S/C34H40F5N5O3S/c1-19-13-42(14-20(2)44(19)32(46)47-33(3,4)5)30-25-12-26(34(37,38)39)27(22-6-8-23(35)9-7-22)29-28(25)43(31(45)40-30)16-21(18-48-29)15-41-11-10-24(36)17-41/h6-9,12,19-21,24H,10-11,13-18H2,1-5H3/t19-,20+,21?,24-/m0/s1. The molecule has 1 unspecified atom stereocenters. The van der Waals surface area contributed by atoms with Crippen LogP contribution in [0.4, 0.5) is 32.6 Å². The molecule has 2 fully saturated rings. The molecule has 2 saturated heterocycles. The van der Waals surface area contributed by atoms with Gasteiger partial charge in [0, 0.05) is 60.9 Å². The fourth-order valence-electron chi connectivity index (χ4n) is 7.18. The largest absolute Gasteiger partial charge is 0.444 e. The molecule has 0 radical (unpaired) electrons. The lowest BCUT2D eigenvalue weighted by atomic mass is 9.96. The quantitative estimate of drug-likeness (QED) is 0.278. The van der Waals surface area contributed by atoms with Crippen LogP contribution in [0.25, 0.3) is 22.0 Å². The van der Waals surface area contributed by atoms with Crippen LogP contribution in [0.3, 0.4) is 0 Å². The molecule has 4 atom stereocenters. The van der Waals surface area contributed by atoms with Crippen molar-refractivity contribution in [3.05, 3.63) is 52.2 Å². The van der Waals surface area contributed by atoms with Gasteiger partial charge in [-0.2, -0.15) is 18.2 Å². The zero-order chi connectivity index (χ0) is 34.7. The molecule has 48 heavy (non-hydrogen) atoms. The summed E-state index contributed by atoms with van der Waals surface area (Å²) in [6.07, 6.45) is -5.80. The van der Waals surface area contributed by atoms with Crippen LogP contribution in [0.2, 0.25) is 0 Å². The van der Waals surface area contributed by atoms with Crippen LogP contribution in [-0.2, 0) is 17.5 Å². The second-order valence-electron chi connectivity index (χ2n) is 14.2. The average molecular weight is 694 g/mol. The zero-order valence-electron chi connectivity index (χ0n) is 27.6. The molecule has 2 aromatic carbocycles. The molecule has 1 amide bonds. The second-order valence-corrected chi connectivity index (χ2v) is 15.2. The molecule has 14 heteroatoms. The number of ether oxygens (including phenoxy) is 1. The van der Waals surface area contributed by atoms with Crippen molar-refractivity contribution in [1.82, 2.24) is 19.4 Å². The molecule has 3 aliphatic heterocycles. The van der Waals surface area contributed by atoms with Crippen LogP contribution in [0, 0.1) is 11.7 Å². The summed E-state index contributed by atoms with van der Waals surface area (Å²) in [5.74, 6) is -0.253. The van der Waals surface area contributed by atoms with Gasteiger partial charge in [0.05, 0.1) is 23.2 Å². The third kappa shape index (κ3) is 6.87. The van der Waals surface area contributed by atoms with Gasteiger partial charge in [-0.05, 0) is 70.7 Å². The van der Waals surface area contributed by atoms with Crippen molar-refractivity contribution in [1.29, 1.82) is 0 Å². The Bertz CT molecular complexity index is 1750. The van der Waals surface area contributed by atoms with Gasteiger partial charge in [0.15, 0.2) is 0 Å². The summed E-state index contributed by atoms with van der Waals surface area (Å²) in [5, 5.41) is 0.172. The van der Waals surface area contributed by atoms with Crippen molar-refractivity contribution >= 4 is 34.6 Å². The van der Waals surface area contributed by atoms with Crippen molar-refractivity contribution in [3.8, 4) is 11.1 Å². The van der Waals surface area contributed by atoms with Crippen LogP contribution in [-0.4, -0.2) is 87.8 Å². The average Bonchev–Trinajstić information content (AvgIpc) is 3.28. The van der Waals surface area contributed by atoms with Crippen LogP contribution in [0.5, 0.6) is 0 Å². The Balaban J connectivity index is 1.51. The Labute approximate surface area is 280 Å². The van der Waals surface area contributed by atoms with Crippen LogP contribution >= 0.6 is 11.8 Å². The van der Waals surface area contributed by atoms with E-state index in [9.17, 15) is 18.4 Å². The fraction of sp³-hybridized carbons (Fsp3) is 0.559. The summed E-state index contributed by atoms with van der Waals surface area (Å²) in [6, 6.07) is 5.13. The van der Waals surface area contributed by atoms with E-state index in [1.165, 1.54) is 28.5 Å².